The first kappa shape index (κ1) is 14.5. The van der Waals surface area contributed by atoms with Crippen LogP contribution in [-0.2, 0) is 6.54 Å². The van der Waals surface area contributed by atoms with Crippen molar-refractivity contribution in [2.45, 2.75) is 26.5 Å². The minimum absolute atomic E-state index is 0.307. The molecule has 2 aromatic carbocycles. The van der Waals surface area contributed by atoms with E-state index in [2.05, 4.69) is 6.07 Å². The third-order valence-corrected chi connectivity index (χ3v) is 3.35. The molecule has 2 nitrogen and oxygen atoms in total. The summed E-state index contributed by atoms with van der Waals surface area (Å²) in [6.07, 6.45) is -0.694. The zero-order valence-corrected chi connectivity index (χ0v) is 12.1. The van der Waals surface area contributed by atoms with Crippen molar-refractivity contribution in [1.29, 1.82) is 0 Å². The van der Waals surface area contributed by atoms with Crippen LogP contribution in [0, 0.1) is 12.7 Å². The molecular formula is C17H20FNO. The number of hydrogen-bond acceptors (Lipinski definition) is 2. The van der Waals surface area contributed by atoms with Gasteiger partial charge in [-0.3, -0.25) is 0 Å². The van der Waals surface area contributed by atoms with Gasteiger partial charge in [0.25, 0.3) is 0 Å². The van der Waals surface area contributed by atoms with Gasteiger partial charge >= 0.3 is 0 Å². The average molecular weight is 273 g/mol. The van der Waals surface area contributed by atoms with Crippen LogP contribution in [0.15, 0.2) is 42.5 Å². The molecule has 0 amide bonds. The Balaban J connectivity index is 2.31. The third-order valence-electron chi connectivity index (χ3n) is 3.35. The van der Waals surface area contributed by atoms with Crippen molar-refractivity contribution >= 4 is 5.69 Å². The zero-order chi connectivity index (χ0) is 14.7. The van der Waals surface area contributed by atoms with Crippen molar-refractivity contribution in [3.8, 4) is 0 Å². The van der Waals surface area contributed by atoms with Crippen molar-refractivity contribution in [3.05, 3.63) is 65.0 Å². The molecule has 0 heterocycles. The van der Waals surface area contributed by atoms with E-state index in [0.29, 0.717) is 17.8 Å². The number of hydrogen-bond donors (Lipinski definition) is 1. The van der Waals surface area contributed by atoms with Gasteiger partial charge in [0.1, 0.15) is 5.82 Å². The Bertz CT molecular complexity index is 595. The number of benzene rings is 2. The van der Waals surface area contributed by atoms with Gasteiger partial charge in [-0.25, -0.2) is 4.39 Å². The smallest absolute Gasteiger partial charge is 0.146 e. The third kappa shape index (κ3) is 3.17. The second-order valence-electron chi connectivity index (χ2n) is 5.20. The standard InChI is InChI=1S/C17H20FNO/c1-12-6-4-7-14(10-12)11-19(3)17-15(13(2)20)8-5-9-16(17)18/h4-10,13,20H,11H2,1-3H3/t13-/m0/s1. The molecule has 20 heavy (non-hydrogen) atoms. The monoisotopic (exact) mass is 273 g/mol. The molecule has 0 fully saturated rings. The summed E-state index contributed by atoms with van der Waals surface area (Å²) < 4.78 is 14.1. The SMILES string of the molecule is Cc1cccc(CN(C)c2c(F)cccc2[C@H](C)O)c1. The maximum absolute atomic E-state index is 14.1. The summed E-state index contributed by atoms with van der Waals surface area (Å²) in [5.41, 5.74) is 3.37. The van der Waals surface area contributed by atoms with Gasteiger partial charge in [0, 0.05) is 19.2 Å². The lowest BCUT2D eigenvalue weighted by Gasteiger charge is -2.24. The van der Waals surface area contributed by atoms with Crippen molar-refractivity contribution in [2.24, 2.45) is 0 Å². The Hall–Kier alpha value is -1.87. The van der Waals surface area contributed by atoms with Crippen LogP contribution >= 0.6 is 0 Å². The predicted octanol–water partition coefficient (Wildman–Crippen LogP) is 3.82. The molecule has 3 heteroatoms. The summed E-state index contributed by atoms with van der Waals surface area (Å²) >= 11 is 0. The van der Waals surface area contributed by atoms with E-state index in [1.54, 1.807) is 19.1 Å². The molecule has 0 spiro atoms. The maximum Gasteiger partial charge on any atom is 0.146 e. The average Bonchev–Trinajstić information content (AvgIpc) is 2.38. The highest BCUT2D eigenvalue weighted by Crippen LogP contribution is 2.29. The van der Waals surface area contributed by atoms with Crippen molar-refractivity contribution < 1.29 is 9.50 Å². The van der Waals surface area contributed by atoms with E-state index in [4.69, 9.17) is 0 Å². The minimum atomic E-state index is -0.694. The number of halogens is 1. The van der Waals surface area contributed by atoms with E-state index >= 15 is 0 Å². The van der Waals surface area contributed by atoms with Crippen molar-refractivity contribution in [2.75, 3.05) is 11.9 Å². The van der Waals surface area contributed by atoms with E-state index in [1.165, 1.54) is 11.6 Å². The number of para-hydroxylation sites is 1. The molecule has 0 bridgehead atoms. The Kier molecular flexibility index (Phi) is 4.40. The Labute approximate surface area is 119 Å². The first-order valence-corrected chi connectivity index (χ1v) is 6.72. The first-order chi connectivity index (χ1) is 9.49. The molecule has 0 aromatic heterocycles. The highest BCUT2D eigenvalue weighted by Gasteiger charge is 2.16. The second kappa shape index (κ2) is 6.06. The molecule has 1 N–H and O–H groups in total. The number of aliphatic hydroxyl groups is 1. The van der Waals surface area contributed by atoms with Crippen LogP contribution < -0.4 is 4.90 Å². The van der Waals surface area contributed by atoms with E-state index in [0.717, 1.165) is 5.56 Å². The van der Waals surface area contributed by atoms with Crippen LogP contribution in [0.3, 0.4) is 0 Å². The molecule has 0 aliphatic rings. The van der Waals surface area contributed by atoms with Crippen LogP contribution in [-0.4, -0.2) is 12.2 Å². The zero-order valence-electron chi connectivity index (χ0n) is 12.1. The van der Waals surface area contributed by atoms with Gasteiger partial charge in [0.05, 0.1) is 11.8 Å². The van der Waals surface area contributed by atoms with Gasteiger partial charge in [-0.05, 0) is 25.5 Å². The Morgan fingerprint density at radius 3 is 2.55 bits per heavy atom. The molecule has 1 atom stereocenters. The first-order valence-electron chi connectivity index (χ1n) is 6.72. The lowest BCUT2D eigenvalue weighted by molar-refractivity contribution is 0.199. The highest BCUT2D eigenvalue weighted by molar-refractivity contribution is 5.55. The summed E-state index contributed by atoms with van der Waals surface area (Å²) in [4.78, 5) is 1.84. The van der Waals surface area contributed by atoms with Crippen LogP contribution in [0.25, 0.3) is 0 Å². The molecule has 0 saturated heterocycles. The number of rotatable bonds is 4. The van der Waals surface area contributed by atoms with E-state index in [-0.39, 0.29) is 5.82 Å². The van der Waals surface area contributed by atoms with E-state index in [9.17, 15) is 9.50 Å². The molecule has 0 radical (unpaired) electrons. The molecule has 0 saturated carbocycles. The summed E-state index contributed by atoms with van der Waals surface area (Å²) in [6, 6.07) is 12.9. The van der Waals surface area contributed by atoms with Crippen LogP contribution in [0.4, 0.5) is 10.1 Å². The number of aliphatic hydroxyl groups excluding tert-OH is 1. The Morgan fingerprint density at radius 1 is 1.20 bits per heavy atom. The van der Waals surface area contributed by atoms with E-state index in [1.807, 2.05) is 37.1 Å². The predicted molar refractivity (Wildman–Crippen MR) is 80.3 cm³/mol. The van der Waals surface area contributed by atoms with Gasteiger partial charge < -0.3 is 10.0 Å². The fourth-order valence-corrected chi connectivity index (χ4v) is 2.44. The van der Waals surface area contributed by atoms with Gasteiger partial charge in [0.15, 0.2) is 0 Å². The molecule has 2 rings (SSSR count). The van der Waals surface area contributed by atoms with E-state index < -0.39 is 6.10 Å². The lowest BCUT2D eigenvalue weighted by atomic mass is 10.1. The topological polar surface area (TPSA) is 23.5 Å². The summed E-state index contributed by atoms with van der Waals surface area (Å²) in [7, 11) is 1.84. The molecule has 0 unspecified atom stereocenters. The summed E-state index contributed by atoms with van der Waals surface area (Å²) in [5.74, 6) is -0.307. The number of anilines is 1. The molecular weight excluding hydrogens is 253 g/mol. The van der Waals surface area contributed by atoms with Crippen molar-refractivity contribution in [3.63, 3.8) is 0 Å². The molecule has 0 aliphatic heterocycles. The summed E-state index contributed by atoms with van der Waals surface area (Å²) in [6.45, 7) is 4.29. The van der Waals surface area contributed by atoms with Crippen LogP contribution in [0.1, 0.15) is 29.7 Å². The van der Waals surface area contributed by atoms with Gasteiger partial charge in [-0.2, -0.15) is 0 Å². The normalized spacial score (nSPS) is 12.2. The van der Waals surface area contributed by atoms with Gasteiger partial charge in [0.2, 0.25) is 0 Å². The molecule has 2 aromatic rings. The highest BCUT2D eigenvalue weighted by atomic mass is 19.1. The second-order valence-corrected chi connectivity index (χ2v) is 5.20. The summed E-state index contributed by atoms with van der Waals surface area (Å²) in [5, 5.41) is 9.79. The molecule has 0 aliphatic carbocycles. The minimum Gasteiger partial charge on any atom is -0.389 e. The van der Waals surface area contributed by atoms with Gasteiger partial charge in [-0.15, -0.1) is 0 Å². The largest absolute Gasteiger partial charge is 0.389 e. The van der Waals surface area contributed by atoms with Crippen molar-refractivity contribution in [1.82, 2.24) is 0 Å². The quantitative estimate of drug-likeness (QED) is 0.915. The van der Waals surface area contributed by atoms with Gasteiger partial charge in [-0.1, -0.05) is 42.0 Å². The van der Waals surface area contributed by atoms with Crippen LogP contribution in [0.5, 0.6) is 0 Å². The Morgan fingerprint density at radius 2 is 1.90 bits per heavy atom. The fourth-order valence-electron chi connectivity index (χ4n) is 2.44. The fraction of sp³-hybridized carbons (Fsp3) is 0.294. The molecule has 106 valence electrons. The lowest BCUT2D eigenvalue weighted by Crippen LogP contribution is -2.20. The number of nitrogens with zero attached hydrogens (tertiary/aromatic N) is 1. The van der Waals surface area contributed by atoms with Crippen LogP contribution in [0.2, 0.25) is 0 Å². The maximum atomic E-state index is 14.1. The number of aryl methyl sites for hydroxylation is 1.